The lowest BCUT2D eigenvalue weighted by Crippen LogP contribution is -2.41. The lowest BCUT2D eigenvalue weighted by molar-refractivity contribution is -0.118. The molecule has 0 radical (unpaired) electrons. The normalized spacial score (nSPS) is 13.2. The van der Waals surface area contributed by atoms with Gasteiger partial charge in [-0.15, -0.1) is 0 Å². The maximum atomic E-state index is 12.7. The monoisotopic (exact) mass is 395 g/mol. The summed E-state index contributed by atoms with van der Waals surface area (Å²) in [6, 6.07) is 15.4. The van der Waals surface area contributed by atoms with Gasteiger partial charge in [-0.1, -0.05) is 52.0 Å². The molecule has 5 nitrogen and oxygen atoms in total. The Labute approximate surface area is 174 Å². The molecule has 0 aromatic heterocycles. The van der Waals surface area contributed by atoms with E-state index in [9.17, 15) is 9.59 Å². The zero-order valence-corrected chi connectivity index (χ0v) is 18.2. The Kier molecular flexibility index (Phi) is 7.97. The molecule has 0 heterocycles. The highest BCUT2D eigenvalue weighted by Crippen LogP contribution is 2.25. The summed E-state index contributed by atoms with van der Waals surface area (Å²) in [4.78, 5) is 23.8. The number of carbonyl (C=O) groups is 2. The third-order valence-electron chi connectivity index (χ3n) is 4.92. The smallest absolute Gasteiger partial charge is 0.241 e. The quantitative estimate of drug-likeness (QED) is 0.583. The van der Waals surface area contributed by atoms with Crippen molar-refractivity contribution in [3.63, 3.8) is 0 Å². The molecule has 3 N–H and O–H groups in total. The average Bonchev–Trinajstić information content (AvgIpc) is 2.66. The zero-order chi connectivity index (χ0) is 21.6. The standard InChI is InChI=1S/C24H33N3O2/c1-15(2)19-7-9-20(10-8-19)23(16(3)4)25-17(5)24(29)27-22-13-11-21(12-14-22)26-18(6)28/h7-17,23,25H,1-6H3,(H,26,28)(H,27,29)/t17-,23+/m1/s1. The fourth-order valence-corrected chi connectivity index (χ4v) is 3.20. The number of rotatable bonds is 8. The molecule has 0 spiro atoms. The number of anilines is 2. The number of nitrogens with one attached hydrogen (secondary N) is 3. The summed E-state index contributed by atoms with van der Waals surface area (Å²) in [5.74, 6) is 0.617. The van der Waals surface area contributed by atoms with Crippen LogP contribution in [0.5, 0.6) is 0 Å². The molecule has 0 saturated heterocycles. The van der Waals surface area contributed by atoms with Crippen LogP contribution in [0.15, 0.2) is 48.5 Å². The predicted octanol–water partition coefficient (Wildman–Crippen LogP) is 5.08. The maximum absolute atomic E-state index is 12.7. The molecular weight excluding hydrogens is 362 g/mol. The van der Waals surface area contributed by atoms with Crippen LogP contribution in [0.25, 0.3) is 0 Å². The fraction of sp³-hybridized carbons (Fsp3) is 0.417. The minimum absolute atomic E-state index is 0.0825. The Morgan fingerprint density at radius 1 is 0.724 bits per heavy atom. The second kappa shape index (κ2) is 10.2. The first-order valence-corrected chi connectivity index (χ1v) is 10.2. The summed E-state index contributed by atoms with van der Waals surface area (Å²) in [7, 11) is 0. The van der Waals surface area contributed by atoms with Crippen LogP contribution in [0, 0.1) is 5.92 Å². The molecule has 0 unspecified atom stereocenters. The van der Waals surface area contributed by atoms with E-state index in [0.29, 0.717) is 23.2 Å². The van der Waals surface area contributed by atoms with Crippen LogP contribution in [-0.2, 0) is 9.59 Å². The van der Waals surface area contributed by atoms with E-state index in [0.717, 1.165) is 0 Å². The van der Waals surface area contributed by atoms with Crippen molar-refractivity contribution < 1.29 is 9.59 Å². The Morgan fingerprint density at radius 3 is 1.66 bits per heavy atom. The van der Waals surface area contributed by atoms with Crippen molar-refractivity contribution in [3.8, 4) is 0 Å². The van der Waals surface area contributed by atoms with E-state index >= 15 is 0 Å². The molecule has 0 aliphatic rings. The molecular formula is C24H33N3O2. The second-order valence-electron chi connectivity index (χ2n) is 8.18. The first-order valence-electron chi connectivity index (χ1n) is 10.2. The molecule has 29 heavy (non-hydrogen) atoms. The summed E-state index contributed by atoms with van der Waals surface area (Å²) < 4.78 is 0. The Balaban J connectivity index is 2.02. The Hall–Kier alpha value is -2.66. The van der Waals surface area contributed by atoms with Crippen LogP contribution in [0.4, 0.5) is 11.4 Å². The molecule has 0 bridgehead atoms. The highest BCUT2D eigenvalue weighted by atomic mass is 16.2. The highest BCUT2D eigenvalue weighted by molar-refractivity contribution is 5.95. The van der Waals surface area contributed by atoms with E-state index in [1.165, 1.54) is 18.1 Å². The van der Waals surface area contributed by atoms with Gasteiger partial charge < -0.3 is 10.6 Å². The van der Waals surface area contributed by atoms with Gasteiger partial charge in [0.2, 0.25) is 11.8 Å². The van der Waals surface area contributed by atoms with Crippen molar-refractivity contribution in [2.24, 2.45) is 5.92 Å². The topological polar surface area (TPSA) is 70.2 Å². The minimum Gasteiger partial charge on any atom is -0.326 e. The second-order valence-corrected chi connectivity index (χ2v) is 8.18. The minimum atomic E-state index is -0.359. The van der Waals surface area contributed by atoms with E-state index in [-0.39, 0.29) is 23.9 Å². The van der Waals surface area contributed by atoms with Crippen molar-refractivity contribution in [2.45, 2.75) is 59.5 Å². The Morgan fingerprint density at radius 2 is 1.21 bits per heavy atom. The van der Waals surface area contributed by atoms with Gasteiger partial charge in [-0.3, -0.25) is 14.9 Å². The molecule has 0 aliphatic heterocycles. The van der Waals surface area contributed by atoms with Gasteiger partial charge in [0.1, 0.15) is 0 Å². The van der Waals surface area contributed by atoms with E-state index in [4.69, 9.17) is 0 Å². The molecule has 2 amide bonds. The average molecular weight is 396 g/mol. The van der Waals surface area contributed by atoms with Crippen molar-refractivity contribution in [1.29, 1.82) is 0 Å². The predicted molar refractivity (Wildman–Crippen MR) is 120 cm³/mol. The van der Waals surface area contributed by atoms with Gasteiger partial charge in [0.05, 0.1) is 6.04 Å². The molecule has 2 aromatic rings. The van der Waals surface area contributed by atoms with Crippen molar-refractivity contribution >= 4 is 23.2 Å². The number of carbonyl (C=O) groups excluding carboxylic acids is 2. The van der Waals surface area contributed by atoms with Crippen molar-refractivity contribution in [2.75, 3.05) is 10.6 Å². The zero-order valence-electron chi connectivity index (χ0n) is 18.2. The van der Waals surface area contributed by atoms with Crippen LogP contribution in [0.1, 0.15) is 64.6 Å². The summed E-state index contributed by atoms with van der Waals surface area (Å²) in [5.41, 5.74) is 3.89. The van der Waals surface area contributed by atoms with Gasteiger partial charge in [-0.05, 0) is 54.2 Å². The molecule has 2 rings (SSSR count). The van der Waals surface area contributed by atoms with E-state index in [1.807, 2.05) is 6.92 Å². The van der Waals surface area contributed by atoms with Gasteiger partial charge in [-0.2, -0.15) is 0 Å². The van der Waals surface area contributed by atoms with Crippen LogP contribution < -0.4 is 16.0 Å². The fourth-order valence-electron chi connectivity index (χ4n) is 3.20. The van der Waals surface area contributed by atoms with E-state index < -0.39 is 0 Å². The summed E-state index contributed by atoms with van der Waals surface area (Å²) in [6.07, 6.45) is 0. The van der Waals surface area contributed by atoms with Gasteiger partial charge in [0.25, 0.3) is 0 Å². The third-order valence-corrected chi connectivity index (χ3v) is 4.92. The molecule has 0 aliphatic carbocycles. The summed E-state index contributed by atoms with van der Waals surface area (Å²) >= 11 is 0. The SMILES string of the molecule is CC(=O)Nc1ccc(NC(=O)[C@@H](C)N[C@H](c2ccc(C(C)C)cc2)C(C)C)cc1. The molecule has 2 atom stereocenters. The molecule has 2 aromatic carbocycles. The lowest BCUT2D eigenvalue weighted by atomic mass is 9.93. The number of benzene rings is 2. The highest BCUT2D eigenvalue weighted by Gasteiger charge is 2.22. The van der Waals surface area contributed by atoms with Crippen LogP contribution in [0.2, 0.25) is 0 Å². The molecule has 156 valence electrons. The van der Waals surface area contributed by atoms with Crippen LogP contribution in [-0.4, -0.2) is 17.9 Å². The Bertz CT molecular complexity index is 811. The first kappa shape index (κ1) is 22.6. The van der Waals surface area contributed by atoms with Crippen molar-refractivity contribution in [1.82, 2.24) is 5.32 Å². The molecule has 0 saturated carbocycles. The lowest BCUT2D eigenvalue weighted by Gasteiger charge is -2.27. The number of hydrogen-bond donors (Lipinski definition) is 3. The third kappa shape index (κ3) is 6.71. The summed E-state index contributed by atoms with van der Waals surface area (Å²) in [5, 5.41) is 9.11. The molecule has 0 fully saturated rings. The van der Waals surface area contributed by atoms with Gasteiger partial charge >= 0.3 is 0 Å². The molecule has 5 heteroatoms. The summed E-state index contributed by atoms with van der Waals surface area (Å²) in [6.45, 7) is 12.0. The van der Waals surface area contributed by atoms with Crippen LogP contribution in [0.3, 0.4) is 0 Å². The van der Waals surface area contributed by atoms with Crippen molar-refractivity contribution in [3.05, 3.63) is 59.7 Å². The van der Waals surface area contributed by atoms with E-state index in [1.54, 1.807) is 24.3 Å². The van der Waals surface area contributed by atoms with Gasteiger partial charge in [0.15, 0.2) is 0 Å². The number of hydrogen-bond acceptors (Lipinski definition) is 3. The van der Waals surface area contributed by atoms with Gasteiger partial charge in [0, 0.05) is 24.3 Å². The van der Waals surface area contributed by atoms with Gasteiger partial charge in [-0.25, -0.2) is 0 Å². The maximum Gasteiger partial charge on any atom is 0.241 e. The van der Waals surface area contributed by atoms with Crippen LogP contribution >= 0.6 is 0 Å². The number of amides is 2. The van der Waals surface area contributed by atoms with E-state index in [2.05, 4.69) is 67.9 Å². The largest absolute Gasteiger partial charge is 0.326 e. The first-order chi connectivity index (χ1) is 13.7.